The van der Waals surface area contributed by atoms with Crippen LogP contribution in [0.3, 0.4) is 0 Å². The van der Waals surface area contributed by atoms with Crippen LogP contribution in [-0.2, 0) is 12.7 Å². The van der Waals surface area contributed by atoms with Crippen LogP contribution in [0.15, 0.2) is 40.5 Å². The van der Waals surface area contributed by atoms with Crippen LogP contribution in [0.5, 0.6) is 0 Å². The molecule has 2 aromatic heterocycles. The molecular formula is C12H8F3NO2S. The summed E-state index contributed by atoms with van der Waals surface area (Å²) in [6.07, 6.45) is -4.67. The van der Waals surface area contributed by atoms with Crippen molar-refractivity contribution in [1.29, 1.82) is 0 Å². The van der Waals surface area contributed by atoms with Gasteiger partial charge >= 0.3 is 6.18 Å². The second-order valence-corrected chi connectivity index (χ2v) is 4.68. The molecule has 0 atom stereocenters. The van der Waals surface area contributed by atoms with Gasteiger partial charge < -0.3 is 0 Å². The summed E-state index contributed by atoms with van der Waals surface area (Å²) in [6, 6.07) is 5.93. The number of Topliss-reactive ketones (excluding diaryl/α,β-unsaturated/α-hetero) is 1. The first-order valence-corrected chi connectivity index (χ1v) is 6.11. The number of carbonyl (C=O) groups is 1. The maximum absolute atomic E-state index is 12.8. The van der Waals surface area contributed by atoms with Gasteiger partial charge in [0.2, 0.25) is 0 Å². The predicted octanol–water partition coefficient (Wildman–Crippen LogP) is 2.81. The lowest BCUT2D eigenvalue weighted by Crippen LogP contribution is -2.29. The van der Waals surface area contributed by atoms with E-state index in [0.717, 1.165) is 29.5 Å². The van der Waals surface area contributed by atoms with Crippen molar-refractivity contribution in [2.75, 3.05) is 0 Å². The summed E-state index contributed by atoms with van der Waals surface area (Å²) in [4.78, 5) is 23.6. The highest BCUT2D eigenvalue weighted by atomic mass is 32.1. The molecular weight excluding hydrogens is 279 g/mol. The van der Waals surface area contributed by atoms with E-state index < -0.39 is 29.8 Å². The molecule has 2 rings (SSSR count). The van der Waals surface area contributed by atoms with Crippen molar-refractivity contribution in [2.45, 2.75) is 12.7 Å². The summed E-state index contributed by atoms with van der Waals surface area (Å²) in [7, 11) is 0. The van der Waals surface area contributed by atoms with Gasteiger partial charge in [0.15, 0.2) is 5.78 Å². The van der Waals surface area contributed by atoms with Gasteiger partial charge in [-0.1, -0.05) is 12.1 Å². The Morgan fingerprint density at radius 3 is 2.53 bits per heavy atom. The van der Waals surface area contributed by atoms with Crippen molar-refractivity contribution in [3.63, 3.8) is 0 Å². The molecule has 2 aromatic rings. The number of alkyl halides is 3. The van der Waals surface area contributed by atoms with Crippen LogP contribution in [-0.4, -0.2) is 10.4 Å². The smallest absolute Gasteiger partial charge is 0.296 e. The van der Waals surface area contributed by atoms with Crippen molar-refractivity contribution >= 4 is 17.1 Å². The lowest BCUT2D eigenvalue weighted by Gasteiger charge is -2.13. The van der Waals surface area contributed by atoms with Gasteiger partial charge in [0.1, 0.15) is 5.69 Å². The van der Waals surface area contributed by atoms with Gasteiger partial charge in [0.25, 0.3) is 5.56 Å². The maximum atomic E-state index is 12.8. The number of aromatic nitrogens is 1. The third-order valence-electron chi connectivity index (χ3n) is 2.44. The zero-order chi connectivity index (χ0) is 14.0. The van der Waals surface area contributed by atoms with E-state index in [4.69, 9.17) is 0 Å². The van der Waals surface area contributed by atoms with Crippen molar-refractivity contribution in [3.8, 4) is 0 Å². The van der Waals surface area contributed by atoms with Gasteiger partial charge in [-0.2, -0.15) is 13.2 Å². The second-order valence-electron chi connectivity index (χ2n) is 3.73. The van der Waals surface area contributed by atoms with E-state index in [-0.39, 0.29) is 0 Å². The van der Waals surface area contributed by atoms with E-state index in [1.54, 1.807) is 11.4 Å². The SMILES string of the molecule is O=C(Cn1c(C(F)(F)F)cccc1=O)c1cccs1. The van der Waals surface area contributed by atoms with Crippen molar-refractivity contribution in [2.24, 2.45) is 0 Å². The zero-order valence-electron chi connectivity index (χ0n) is 9.48. The largest absolute Gasteiger partial charge is 0.431 e. The quantitative estimate of drug-likeness (QED) is 0.814. The van der Waals surface area contributed by atoms with E-state index in [0.29, 0.717) is 9.44 Å². The lowest BCUT2D eigenvalue weighted by atomic mass is 10.2. The number of rotatable bonds is 3. The fourth-order valence-corrected chi connectivity index (χ4v) is 2.25. The summed E-state index contributed by atoms with van der Waals surface area (Å²) in [6.45, 7) is -0.616. The molecule has 0 aliphatic rings. The lowest BCUT2D eigenvalue weighted by molar-refractivity contribution is -0.144. The molecule has 0 amide bonds. The molecule has 7 heteroatoms. The molecule has 0 aliphatic heterocycles. The standard InChI is InChI=1S/C12H8F3NO2S/c13-12(14,15)10-4-1-5-11(18)16(10)7-8(17)9-3-2-6-19-9/h1-6H,7H2. The van der Waals surface area contributed by atoms with Crippen LogP contribution < -0.4 is 5.56 Å². The molecule has 19 heavy (non-hydrogen) atoms. The Hall–Kier alpha value is -1.89. The second kappa shape index (κ2) is 5.00. The number of hydrogen-bond acceptors (Lipinski definition) is 3. The molecule has 0 unspecified atom stereocenters. The van der Waals surface area contributed by atoms with Crippen LogP contribution >= 0.6 is 11.3 Å². The molecule has 0 saturated carbocycles. The third-order valence-corrected chi connectivity index (χ3v) is 3.35. The number of thiophene rings is 1. The minimum atomic E-state index is -4.67. The molecule has 0 spiro atoms. The summed E-state index contributed by atoms with van der Waals surface area (Å²) in [5.41, 5.74) is -1.97. The van der Waals surface area contributed by atoms with Crippen LogP contribution in [0, 0.1) is 0 Å². The number of nitrogens with zero attached hydrogens (tertiary/aromatic N) is 1. The van der Waals surface area contributed by atoms with Gasteiger partial charge in [-0.3, -0.25) is 14.2 Å². The minimum Gasteiger partial charge on any atom is -0.296 e. The molecule has 0 aromatic carbocycles. The van der Waals surface area contributed by atoms with Gasteiger partial charge in [-0.25, -0.2) is 0 Å². The molecule has 0 fully saturated rings. The highest BCUT2D eigenvalue weighted by molar-refractivity contribution is 7.12. The molecule has 0 N–H and O–H groups in total. The topological polar surface area (TPSA) is 39.1 Å². The Morgan fingerprint density at radius 1 is 1.21 bits per heavy atom. The first kappa shape index (κ1) is 13.5. The molecule has 0 saturated heterocycles. The fraction of sp³-hybridized carbons (Fsp3) is 0.167. The summed E-state index contributed by atoms with van der Waals surface area (Å²) >= 11 is 1.12. The van der Waals surface area contributed by atoms with Crippen molar-refractivity contribution in [1.82, 2.24) is 4.57 Å². The van der Waals surface area contributed by atoms with Crippen LogP contribution in [0.2, 0.25) is 0 Å². The van der Waals surface area contributed by atoms with E-state index in [9.17, 15) is 22.8 Å². The van der Waals surface area contributed by atoms with E-state index in [2.05, 4.69) is 0 Å². The average Bonchev–Trinajstić information content (AvgIpc) is 2.83. The normalized spacial score (nSPS) is 11.5. The Bertz CT molecular complexity index is 644. The van der Waals surface area contributed by atoms with Crippen molar-refractivity contribution < 1.29 is 18.0 Å². The molecule has 0 radical (unpaired) electrons. The van der Waals surface area contributed by atoms with Crippen LogP contribution in [0.1, 0.15) is 15.4 Å². The average molecular weight is 287 g/mol. The predicted molar refractivity (Wildman–Crippen MR) is 64.4 cm³/mol. The summed E-state index contributed by atoms with van der Waals surface area (Å²) in [5.74, 6) is -0.520. The molecule has 0 bridgehead atoms. The molecule has 2 heterocycles. The third kappa shape index (κ3) is 2.93. The molecule has 100 valence electrons. The Kier molecular flexibility index (Phi) is 3.57. The highest BCUT2D eigenvalue weighted by Gasteiger charge is 2.34. The van der Waals surface area contributed by atoms with Gasteiger partial charge in [-0.15, -0.1) is 11.3 Å². The fourth-order valence-electron chi connectivity index (χ4n) is 1.59. The van der Waals surface area contributed by atoms with Crippen LogP contribution in [0.4, 0.5) is 13.2 Å². The monoisotopic (exact) mass is 287 g/mol. The Labute approximate surface area is 109 Å². The number of ketones is 1. The van der Waals surface area contributed by atoms with Gasteiger partial charge in [-0.05, 0) is 17.5 Å². The van der Waals surface area contributed by atoms with E-state index in [1.165, 1.54) is 6.07 Å². The summed E-state index contributed by atoms with van der Waals surface area (Å²) < 4.78 is 38.7. The maximum Gasteiger partial charge on any atom is 0.431 e. The molecule has 0 aliphatic carbocycles. The van der Waals surface area contributed by atoms with Crippen molar-refractivity contribution in [3.05, 3.63) is 56.6 Å². The van der Waals surface area contributed by atoms with Gasteiger partial charge in [0.05, 0.1) is 11.4 Å². The Balaban J connectivity index is 2.40. The molecule has 3 nitrogen and oxygen atoms in total. The Morgan fingerprint density at radius 2 is 1.95 bits per heavy atom. The first-order chi connectivity index (χ1) is 8.89. The highest BCUT2D eigenvalue weighted by Crippen LogP contribution is 2.28. The van der Waals surface area contributed by atoms with E-state index in [1.807, 2.05) is 0 Å². The first-order valence-electron chi connectivity index (χ1n) is 5.23. The number of halogens is 3. The number of carbonyl (C=O) groups excluding carboxylic acids is 1. The zero-order valence-corrected chi connectivity index (χ0v) is 10.3. The van der Waals surface area contributed by atoms with Gasteiger partial charge in [0, 0.05) is 6.07 Å². The van der Waals surface area contributed by atoms with E-state index >= 15 is 0 Å². The number of pyridine rings is 1. The number of hydrogen-bond donors (Lipinski definition) is 0. The van der Waals surface area contributed by atoms with Crippen LogP contribution in [0.25, 0.3) is 0 Å². The minimum absolute atomic E-state index is 0.323. The summed E-state index contributed by atoms with van der Waals surface area (Å²) in [5, 5.41) is 1.64.